The smallest absolute Gasteiger partial charge is 0.175 e. The highest BCUT2D eigenvalue weighted by Crippen LogP contribution is 2.38. The maximum absolute atomic E-state index is 6.23. The molecule has 0 radical (unpaired) electrons. The van der Waals surface area contributed by atoms with Gasteiger partial charge in [0.1, 0.15) is 6.61 Å². The molecule has 0 aliphatic rings. The molecule has 3 nitrogen and oxygen atoms in total. The van der Waals surface area contributed by atoms with Crippen LogP contribution >= 0.6 is 55.1 Å². The number of halogens is 4. The van der Waals surface area contributed by atoms with Crippen molar-refractivity contribution in [3.8, 4) is 11.5 Å². The third-order valence-electron chi connectivity index (χ3n) is 4.12. The number of hydrogen-bond acceptors (Lipinski definition) is 3. The van der Waals surface area contributed by atoms with Crippen molar-refractivity contribution in [1.29, 1.82) is 0 Å². The van der Waals surface area contributed by atoms with Gasteiger partial charge in [-0.3, -0.25) is 0 Å². The van der Waals surface area contributed by atoms with Gasteiger partial charge in [-0.2, -0.15) is 0 Å². The minimum Gasteiger partial charge on any atom is -0.490 e. The van der Waals surface area contributed by atoms with Crippen LogP contribution in [0.3, 0.4) is 0 Å². The summed E-state index contributed by atoms with van der Waals surface area (Å²) in [6, 6.07) is 17.4. The fourth-order valence-corrected chi connectivity index (χ4v) is 3.92. The zero-order chi connectivity index (χ0) is 20.8. The third kappa shape index (κ3) is 6.05. The van der Waals surface area contributed by atoms with Crippen LogP contribution in [0, 0.1) is 0 Å². The molecule has 3 aromatic rings. The molecule has 1 N–H and O–H groups in total. The molecule has 0 bridgehead atoms. The van der Waals surface area contributed by atoms with Gasteiger partial charge in [0.15, 0.2) is 11.5 Å². The molecule has 3 aromatic carbocycles. The largest absolute Gasteiger partial charge is 0.490 e. The van der Waals surface area contributed by atoms with E-state index < -0.39 is 0 Å². The highest BCUT2D eigenvalue weighted by molar-refractivity contribution is 9.10. The van der Waals surface area contributed by atoms with E-state index in [-0.39, 0.29) is 0 Å². The Morgan fingerprint density at radius 1 is 0.897 bits per heavy atom. The number of hydrogen-bond donors (Lipinski definition) is 1. The van der Waals surface area contributed by atoms with Crippen LogP contribution in [0.1, 0.15) is 18.1 Å². The lowest BCUT2D eigenvalue weighted by molar-refractivity contribution is 0.267. The topological polar surface area (TPSA) is 30.5 Å². The summed E-state index contributed by atoms with van der Waals surface area (Å²) in [6.45, 7) is 3.45. The molecule has 0 heterocycles. The fourth-order valence-electron chi connectivity index (χ4n) is 2.70. The first-order valence-corrected chi connectivity index (χ1v) is 11.3. The summed E-state index contributed by atoms with van der Waals surface area (Å²) in [5, 5.41) is 4.71. The first-order valence-electron chi connectivity index (χ1n) is 8.98. The molecule has 0 saturated carbocycles. The average Bonchev–Trinajstić information content (AvgIpc) is 2.70. The summed E-state index contributed by atoms with van der Waals surface area (Å²) in [5.41, 5.74) is 2.90. The van der Waals surface area contributed by atoms with Crippen molar-refractivity contribution in [1.82, 2.24) is 0 Å². The van der Waals surface area contributed by atoms with Gasteiger partial charge in [-0.05, 0) is 80.7 Å². The Morgan fingerprint density at radius 2 is 1.69 bits per heavy atom. The predicted octanol–water partition coefficient (Wildman–Crippen LogP) is 8.11. The van der Waals surface area contributed by atoms with Crippen LogP contribution in [0.5, 0.6) is 11.5 Å². The van der Waals surface area contributed by atoms with Gasteiger partial charge in [-0.15, -0.1) is 0 Å². The zero-order valence-corrected chi connectivity index (χ0v) is 20.3. The molecule has 0 aromatic heterocycles. The first-order chi connectivity index (χ1) is 14.0. The molecule has 152 valence electrons. The summed E-state index contributed by atoms with van der Waals surface area (Å²) >= 11 is 19.4. The van der Waals surface area contributed by atoms with E-state index in [2.05, 4.69) is 37.2 Å². The number of ether oxygens (including phenoxy) is 2. The van der Waals surface area contributed by atoms with E-state index in [1.165, 1.54) is 0 Å². The van der Waals surface area contributed by atoms with E-state index in [0.29, 0.717) is 41.3 Å². The van der Waals surface area contributed by atoms with E-state index in [1.807, 2.05) is 61.5 Å². The average molecular weight is 560 g/mol. The van der Waals surface area contributed by atoms with Gasteiger partial charge in [0.05, 0.1) is 16.1 Å². The maximum Gasteiger partial charge on any atom is 0.175 e. The van der Waals surface area contributed by atoms with E-state index in [4.69, 9.17) is 32.7 Å². The Hall–Kier alpha value is -1.40. The lowest BCUT2D eigenvalue weighted by Crippen LogP contribution is -2.04. The standard InChI is InChI=1S/C22H19Br2Cl2NO2/c1-2-28-21-10-14(12-27-16-7-8-17(23)20(26)11-16)9-18(24)22(21)29-13-15-5-3-4-6-19(15)25/h3-11,27H,2,12-13H2,1H3. The third-order valence-corrected chi connectivity index (χ3v) is 6.31. The van der Waals surface area contributed by atoms with Gasteiger partial charge in [-0.25, -0.2) is 0 Å². The second-order valence-corrected chi connectivity index (χ2v) is 8.72. The van der Waals surface area contributed by atoms with Crippen molar-refractivity contribution >= 4 is 60.7 Å². The highest BCUT2D eigenvalue weighted by Gasteiger charge is 2.13. The summed E-state index contributed by atoms with van der Waals surface area (Å²) in [7, 11) is 0. The minimum atomic E-state index is 0.355. The van der Waals surface area contributed by atoms with E-state index in [0.717, 1.165) is 25.8 Å². The molecule has 0 fully saturated rings. The van der Waals surface area contributed by atoms with Crippen molar-refractivity contribution in [3.05, 3.63) is 84.7 Å². The predicted molar refractivity (Wildman–Crippen MR) is 128 cm³/mol. The molecule has 0 unspecified atom stereocenters. The molecule has 0 aliphatic carbocycles. The van der Waals surface area contributed by atoms with Gasteiger partial charge in [-0.1, -0.05) is 41.4 Å². The lowest BCUT2D eigenvalue weighted by atomic mass is 10.2. The van der Waals surface area contributed by atoms with Crippen molar-refractivity contribution in [2.45, 2.75) is 20.1 Å². The van der Waals surface area contributed by atoms with Crippen LogP contribution in [0.2, 0.25) is 10.0 Å². The summed E-state index contributed by atoms with van der Waals surface area (Å²) in [6.07, 6.45) is 0. The Kier molecular flexibility index (Phi) is 8.13. The SMILES string of the molecule is CCOc1cc(CNc2ccc(Br)c(Cl)c2)cc(Br)c1OCc1ccccc1Cl. The van der Waals surface area contributed by atoms with Crippen molar-refractivity contribution in [3.63, 3.8) is 0 Å². The van der Waals surface area contributed by atoms with Crippen LogP contribution in [-0.2, 0) is 13.2 Å². The highest BCUT2D eigenvalue weighted by atomic mass is 79.9. The molecule has 3 rings (SSSR count). The van der Waals surface area contributed by atoms with Gasteiger partial charge in [0.2, 0.25) is 0 Å². The Labute approximate surface area is 197 Å². The van der Waals surface area contributed by atoms with Crippen molar-refractivity contribution in [2.24, 2.45) is 0 Å². The number of anilines is 1. The van der Waals surface area contributed by atoms with Gasteiger partial charge < -0.3 is 14.8 Å². The Morgan fingerprint density at radius 3 is 2.41 bits per heavy atom. The number of rotatable bonds is 8. The molecule has 0 atom stereocenters. The molecule has 0 amide bonds. The summed E-state index contributed by atoms with van der Waals surface area (Å²) in [5.74, 6) is 1.33. The summed E-state index contributed by atoms with van der Waals surface area (Å²) in [4.78, 5) is 0. The number of benzene rings is 3. The Bertz CT molecular complexity index is 999. The van der Waals surface area contributed by atoms with Crippen LogP contribution in [0.4, 0.5) is 5.69 Å². The van der Waals surface area contributed by atoms with E-state index in [9.17, 15) is 0 Å². The van der Waals surface area contributed by atoms with Crippen LogP contribution in [0.25, 0.3) is 0 Å². The van der Waals surface area contributed by atoms with Crippen molar-refractivity contribution in [2.75, 3.05) is 11.9 Å². The second-order valence-electron chi connectivity index (χ2n) is 6.20. The number of nitrogens with one attached hydrogen (secondary N) is 1. The second kappa shape index (κ2) is 10.6. The molecular weight excluding hydrogens is 541 g/mol. The van der Waals surface area contributed by atoms with Crippen LogP contribution in [-0.4, -0.2) is 6.61 Å². The Balaban J connectivity index is 1.76. The zero-order valence-electron chi connectivity index (χ0n) is 15.6. The van der Waals surface area contributed by atoms with Gasteiger partial charge >= 0.3 is 0 Å². The summed E-state index contributed by atoms with van der Waals surface area (Å²) < 4.78 is 13.5. The minimum absolute atomic E-state index is 0.355. The fraction of sp³-hybridized carbons (Fsp3) is 0.182. The van der Waals surface area contributed by atoms with Crippen molar-refractivity contribution < 1.29 is 9.47 Å². The van der Waals surface area contributed by atoms with Crippen LogP contribution in [0.15, 0.2) is 63.5 Å². The van der Waals surface area contributed by atoms with Gasteiger partial charge in [0.25, 0.3) is 0 Å². The molecule has 29 heavy (non-hydrogen) atoms. The van der Waals surface area contributed by atoms with E-state index >= 15 is 0 Å². The molecule has 0 spiro atoms. The molecule has 0 aliphatic heterocycles. The molecule has 7 heteroatoms. The molecular formula is C22H19Br2Cl2NO2. The van der Waals surface area contributed by atoms with E-state index in [1.54, 1.807) is 0 Å². The molecule has 0 saturated heterocycles. The van der Waals surface area contributed by atoms with Gasteiger partial charge in [0, 0.05) is 27.3 Å². The normalized spacial score (nSPS) is 10.7. The quantitative estimate of drug-likeness (QED) is 0.302. The van der Waals surface area contributed by atoms with Crippen LogP contribution < -0.4 is 14.8 Å². The first kappa shape index (κ1) is 22.3. The lowest BCUT2D eigenvalue weighted by Gasteiger charge is -2.16. The monoisotopic (exact) mass is 557 g/mol. The maximum atomic E-state index is 6.23.